The van der Waals surface area contributed by atoms with Crippen LogP contribution < -0.4 is 0 Å². The van der Waals surface area contributed by atoms with E-state index in [0.717, 1.165) is 5.71 Å². The van der Waals surface area contributed by atoms with E-state index < -0.39 is 0 Å². The van der Waals surface area contributed by atoms with Crippen molar-refractivity contribution >= 4 is 17.0 Å². The van der Waals surface area contributed by atoms with Crippen LogP contribution >= 0.6 is 11.3 Å². The van der Waals surface area contributed by atoms with Crippen molar-refractivity contribution in [3.05, 3.63) is 22.4 Å². The van der Waals surface area contributed by atoms with Gasteiger partial charge in [0, 0.05) is 17.3 Å². The molecule has 1 aromatic rings. The molecule has 0 aliphatic rings. The topological polar surface area (TPSA) is 12.4 Å². The molecule has 0 fully saturated rings. The minimum Gasteiger partial charge on any atom is -0.287 e. The zero-order chi connectivity index (χ0) is 8.27. The van der Waals surface area contributed by atoms with Crippen molar-refractivity contribution in [2.45, 2.75) is 26.8 Å². The summed E-state index contributed by atoms with van der Waals surface area (Å²) >= 11 is 1.71. The van der Waals surface area contributed by atoms with Gasteiger partial charge in [-0.3, -0.25) is 4.99 Å². The monoisotopic (exact) mass is 167 g/mol. The standard InChI is InChI=1S/C9H13NS/c1-7(2)10-8(3)9-4-5-11-6-9/h4-7H,1-3H3/b10-8+. The smallest absolute Gasteiger partial charge is 0.0446 e. The van der Waals surface area contributed by atoms with E-state index in [1.54, 1.807) is 11.3 Å². The molecule has 1 heterocycles. The third-order valence-electron chi connectivity index (χ3n) is 1.39. The van der Waals surface area contributed by atoms with E-state index in [9.17, 15) is 0 Å². The van der Waals surface area contributed by atoms with Gasteiger partial charge < -0.3 is 0 Å². The molecule has 1 aromatic heterocycles. The predicted octanol–water partition coefficient (Wildman–Crippen LogP) is 2.97. The van der Waals surface area contributed by atoms with Crippen LogP contribution in [-0.2, 0) is 0 Å². The van der Waals surface area contributed by atoms with Gasteiger partial charge in [0.1, 0.15) is 0 Å². The van der Waals surface area contributed by atoms with Crippen LogP contribution in [-0.4, -0.2) is 11.8 Å². The van der Waals surface area contributed by atoms with Gasteiger partial charge in [0.25, 0.3) is 0 Å². The summed E-state index contributed by atoms with van der Waals surface area (Å²) in [6.45, 7) is 6.24. The van der Waals surface area contributed by atoms with Crippen LogP contribution in [0.1, 0.15) is 26.3 Å². The highest BCUT2D eigenvalue weighted by Crippen LogP contribution is 2.07. The Kier molecular flexibility index (Phi) is 2.83. The molecule has 60 valence electrons. The van der Waals surface area contributed by atoms with Crippen molar-refractivity contribution in [2.24, 2.45) is 4.99 Å². The molecule has 0 aliphatic heterocycles. The van der Waals surface area contributed by atoms with Crippen LogP contribution in [0.25, 0.3) is 0 Å². The summed E-state index contributed by atoms with van der Waals surface area (Å²) in [7, 11) is 0. The second-order valence-electron chi connectivity index (χ2n) is 2.82. The molecule has 2 heteroatoms. The average molecular weight is 167 g/mol. The molecule has 0 saturated heterocycles. The van der Waals surface area contributed by atoms with Crippen molar-refractivity contribution in [3.8, 4) is 0 Å². The van der Waals surface area contributed by atoms with E-state index in [-0.39, 0.29) is 0 Å². The lowest BCUT2D eigenvalue weighted by molar-refractivity contribution is 0.835. The Morgan fingerprint density at radius 1 is 1.55 bits per heavy atom. The Labute approximate surface area is 71.8 Å². The van der Waals surface area contributed by atoms with Crippen LogP contribution in [0.5, 0.6) is 0 Å². The fourth-order valence-corrected chi connectivity index (χ4v) is 1.63. The van der Waals surface area contributed by atoms with Crippen molar-refractivity contribution in [3.63, 3.8) is 0 Å². The Bertz CT molecular complexity index is 234. The fourth-order valence-electron chi connectivity index (χ4n) is 0.932. The predicted molar refractivity (Wildman–Crippen MR) is 51.7 cm³/mol. The minimum absolute atomic E-state index is 0.398. The van der Waals surface area contributed by atoms with Gasteiger partial charge in [0.15, 0.2) is 0 Å². The Hall–Kier alpha value is -0.630. The molecule has 0 unspecified atom stereocenters. The number of rotatable bonds is 2. The lowest BCUT2D eigenvalue weighted by atomic mass is 10.2. The van der Waals surface area contributed by atoms with E-state index >= 15 is 0 Å². The first-order valence-electron chi connectivity index (χ1n) is 3.77. The van der Waals surface area contributed by atoms with Crippen molar-refractivity contribution < 1.29 is 0 Å². The molecule has 0 aliphatic carbocycles. The largest absolute Gasteiger partial charge is 0.287 e. The Balaban J connectivity index is 2.77. The van der Waals surface area contributed by atoms with Crippen LogP contribution in [0.4, 0.5) is 0 Å². The summed E-state index contributed by atoms with van der Waals surface area (Å²) in [5.74, 6) is 0. The lowest BCUT2D eigenvalue weighted by Gasteiger charge is -1.99. The molecule has 0 aromatic carbocycles. The number of thiophene rings is 1. The van der Waals surface area contributed by atoms with Crippen LogP contribution in [0, 0.1) is 0 Å². The van der Waals surface area contributed by atoms with Gasteiger partial charge in [-0.15, -0.1) is 0 Å². The first-order valence-corrected chi connectivity index (χ1v) is 4.71. The molecule has 0 radical (unpaired) electrons. The first-order chi connectivity index (χ1) is 5.20. The normalized spacial score (nSPS) is 12.5. The molecular formula is C9H13NS. The molecular weight excluding hydrogens is 154 g/mol. The zero-order valence-electron chi connectivity index (χ0n) is 7.16. The Morgan fingerprint density at radius 3 is 2.73 bits per heavy atom. The van der Waals surface area contributed by atoms with Gasteiger partial charge in [-0.05, 0) is 37.6 Å². The summed E-state index contributed by atoms with van der Waals surface area (Å²) in [6.07, 6.45) is 0. The zero-order valence-corrected chi connectivity index (χ0v) is 7.98. The summed E-state index contributed by atoms with van der Waals surface area (Å²) in [5, 5.41) is 4.20. The highest BCUT2D eigenvalue weighted by atomic mass is 32.1. The number of aliphatic imine (C=N–C) groups is 1. The number of nitrogens with zero attached hydrogens (tertiary/aromatic N) is 1. The fraction of sp³-hybridized carbons (Fsp3) is 0.444. The summed E-state index contributed by atoms with van der Waals surface area (Å²) in [6, 6.07) is 2.50. The van der Waals surface area contributed by atoms with E-state index in [2.05, 4.69) is 42.6 Å². The van der Waals surface area contributed by atoms with Crippen LogP contribution in [0.15, 0.2) is 21.8 Å². The second-order valence-corrected chi connectivity index (χ2v) is 3.60. The Morgan fingerprint density at radius 2 is 2.27 bits per heavy atom. The van der Waals surface area contributed by atoms with E-state index in [0.29, 0.717) is 6.04 Å². The second kappa shape index (κ2) is 3.67. The van der Waals surface area contributed by atoms with Crippen molar-refractivity contribution in [1.82, 2.24) is 0 Å². The van der Waals surface area contributed by atoms with Crippen molar-refractivity contribution in [1.29, 1.82) is 0 Å². The molecule has 1 rings (SSSR count). The molecule has 0 spiro atoms. The van der Waals surface area contributed by atoms with Gasteiger partial charge in [0.2, 0.25) is 0 Å². The van der Waals surface area contributed by atoms with Crippen molar-refractivity contribution in [2.75, 3.05) is 0 Å². The molecule has 0 N–H and O–H groups in total. The number of hydrogen-bond donors (Lipinski definition) is 0. The van der Waals surface area contributed by atoms with Gasteiger partial charge in [-0.2, -0.15) is 11.3 Å². The number of hydrogen-bond acceptors (Lipinski definition) is 2. The van der Waals surface area contributed by atoms with E-state index in [1.165, 1.54) is 5.56 Å². The SMILES string of the molecule is C/C(=N\C(C)C)c1ccsc1. The summed E-state index contributed by atoms with van der Waals surface area (Å²) < 4.78 is 0. The molecule has 0 bridgehead atoms. The lowest BCUT2D eigenvalue weighted by Crippen LogP contribution is -1.98. The van der Waals surface area contributed by atoms with Gasteiger partial charge in [-0.25, -0.2) is 0 Å². The molecule has 0 atom stereocenters. The third-order valence-corrected chi connectivity index (χ3v) is 2.07. The van der Waals surface area contributed by atoms with E-state index in [1.807, 2.05) is 0 Å². The first kappa shape index (κ1) is 8.47. The highest BCUT2D eigenvalue weighted by Gasteiger charge is 1.96. The molecule has 0 amide bonds. The third kappa shape index (κ3) is 2.46. The van der Waals surface area contributed by atoms with Gasteiger partial charge >= 0.3 is 0 Å². The maximum Gasteiger partial charge on any atom is 0.0446 e. The van der Waals surface area contributed by atoms with Crippen LogP contribution in [0.2, 0.25) is 0 Å². The minimum atomic E-state index is 0.398. The van der Waals surface area contributed by atoms with Gasteiger partial charge in [0.05, 0.1) is 0 Å². The van der Waals surface area contributed by atoms with Gasteiger partial charge in [-0.1, -0.05) is 0 Å². The average Bonchev–Trinajstić information content (AvgIpc) is 2.35. The molecule has 11 heavy (non-hydrogen) atoms. The van der Waals surface area contributed by atoms with E-state index in [4.69, 9.17) is 0 Å². The maximum absolute atomic E-state index is 4.44. The quantitative estimate of drug-likeness (QED) is 0.600. The molecule has 1 nitrogen and oxygen atoms in total. The maximum atomic E-state index is 4.44. The summed E-state index contributed by atoms with van der Waals surface area (Å²) in [4.78, 5) is 4.44. The highest BCUT2D eigenvalue weighted by molar-refractivity contribution is 7.08. The van der Waals surface area contributed by atoms with Crippen LogP contribution in [0.3, 0.4) is 0 Å². The molecule has 0 saturated carbocycles. The summed E-state index contributed by atoms with van der Waals surface area (Å²) in [5.41, 5.74) is 2.39.